The second-order valence-corrected chi connectivity index (χ2v) is 13.8. The van der Waals surface area contributed by atoms with Crippen molar-refractivity contribution in [2.24, 2.45) is 0 Å². The summed E-state index contributed by atoms with van der Waals surface area (Å²) >= 11 is 7.12. The quantitative estimate of drug-likeness (QED) is 0.0638. The van der Waals surface area contributed by atoms with Gasteiger partial charge >= 0.3 is 0 Å². The van der Waals surface area contributed by atoms with Gasteiger partial charge in [0.2, 0.25) is 0 Å². The first-order valence-corrected chi connectivity index (χ1v) is 16.9. The van der Waals surface area contributed by atoms with Gasteiger partial charge < -0.3 is 0 Å². The molecule has 2 heteroatoms. The standard InChI is InChI=1S/C30H60Br2/c1-2-3-4-5-6-7-8-9-10-11-12-13-14-15-16-17-18-19-20-21-22-23-24-25-26-27-28-29-30(31)32/h30H,2-29H2,1H3. The molecule has 194 valence electrons. The molecule has 32 heavy (non-hydrogen) atoms. The SMILES string of the molecule is CCCCCCCCCCCCCCCCCCCCCCCCCCCCCC(Br)Br. The molecular weight excluding hydrogens is 520 g/mol. The lowest BCUT2D eigenvalue weighted by atomic mass is 10.0. The summed E-state index contributed by atoms with van der Waals surface area (Å²) in [5.41, 5.74) is 0. The van der Waals surface area contributed by atoms with Crippen molar-refractivity contribution in [1.82, 2.24) is 0 Å². The second-order valence-electron chi connectivity index (χ2n) is 10.4. The van der Waals surface area contributed by atoms with E-state index >= 15 is 0 Å². The Balaban J connectivity index is 3.00. The smallest absolute Gasteiger partial charge is 0.0697 e. The van der Waals surface area contributed by atoms with Gasteiger partial charge in [0.05, 0.1) is 3.74 Å². The van der Waals surface area contributed by atoms with Crippen LogP contribution in [0, 0.1) is 0 Å². The molecule has 0 nitrogen and oxygen atoms in total. The van der Waals surface area contributed by atoms with E-state index in [1.807, 2.05) is 0 Å². The number of unbranched alkanes of at least 4 members (excludes halogenated alkanes) is 26. The number of halogens is 2. The molecule has 0 heterocycles. The van der Waals surface area contributed by atoms with Crippen molar-refractivity contribution in [1.29, 1.82) is 0 Å². The number of rotatable bonds is 28. The summed E-state index contributed by atoms with van der Waals surface area (Å²) in [4.78, 5) is 0. The average Bonchev–Trinajstić information content (AvgIpc) is 2.78. The molecule has 0 aliphatic rings. The molecule has 0 fully saturated rings. The van der Waals surface area contributed by atoms with Crippen LogP contribution in [0.25, 0.3) is 0 Å². The molecule has 0 spiro atoms. The van der Waals surface area contributed by atoms with E-state index in [1.165, 1.54) is 180 Å². The molecule has 0 N–H and O–H groups in total. The lowest BCUT2D eigenvalue weighted by Gasteiger charge is -2.04. The van der Waals surface area contributed by atoms with Gasteiger partial charge in [-0.2, -0.15) is 0 Å². The first kappa shape index (κ1) is 33.0. The maximum atomic E-state index is 3.56. The van der Waals surface area contributed by atoms with E-state index in [9.17, 15) is 0 Å². The van der Waals surface area contributed by atoms with Crippen molar-refractivity contribution in [3.63, 3.8) is 0 Å². The fourth-order valence-electron chi connectivity index (χ4n) is 4.79. The zero-order valence-corrected chi connectivity index (χ0v) is 25.3. The van der Waals surface area contributed by atoms with E-state index in [1.54, 1.807) is 0 Å². The third-order valence-electron chi connectivity index (χ3n) is 7.03. The first-order valence-electron chi connectivity index (χ1n) is 15.1. The maximum absolute atomic E-state index is 3.56. The highest BCUT2D eigenvalue weighted by Gasteiger charge is 1.98. The van der Waals surface area contributed by atoms with Crippen LogP contribution in [0.2, 0.25) is 0 Å². The van der Waals surface area contributed by atoms with Gasteiger partial charge in [0, 0.05) is 0 Å². The van der Waals surface area contributed by atoms with Crippen LogP contribution in [-0.4, -0.2) is 3.74 Å². The maximum Gasteiger partial charge on any atom is 0.0697 e. The Hall–Kier alpha value is 0.960. The Morgan fingerprint density at radius 3 is 0.688 bits per heavy atom. The van der Waals surface area contributed by atoms with Crippen LogP contribution in [0.1, 0.15) is 187 Å². The molecule has 0 aromatic rings. The fourth-order valence-corrected chi connectivity index (χ4v) is 5.44. The molecule has 0 saturated heterocycles. The zero-order valence-electron chi connectivity index (χ0n) is 22.1. The van der Waals surface area contributed by atoms with Crippen LogP contribution >= 0.6 is 31.9 Å². The van der Waals surface area contributed by atoms with Crippen LogP contribution in [0.4, 0.5) is 0 Å². The van der Waals surface area contributed by atoms with E-state index in [0.717, 1.165) is 0 Å². The summed E-state index contributed by atoms with van der Waals surface area (Å²) in [7, 11) is 0. The molecule has 0 aliphatic carbocycles. The molecule has 0 aliphatic heterocycles. The highest BCUT2D eigenvalue weighted by Crippen LogP contribution is 2.18. The molecule has 0 rings (SSSR count). The first-order chi connectivity index (χ1) is 15.8. The molecule has 0 amide bonds. The van der Waals surface area contributed by atoms with Crippen molar-refractivity contribution in [2.75, 3.05) is 0 Å². The van der Waals surface area contributed by atoms with Gasteiger partial charge in [-0.1, -0.05) is 212 Å². The molecule has 0 bridgehead atoms. The Kier molecular flexibility index (Phi) is 30.9. The van der Waals surface area contributed by atoms with Crippen LogP contribution in [0.15, 0.2) is 0 Å². The van der Waals surface area contributed by atoms with Crippen molar-refractivity contribution >= 4 is 31.9 Å². The van der Waals surface area contributed by atoms with Gasteiger partial charge in [-0.15, -0.1) is 0 Å². The van der Waals surface area contributed by atoms with E-state index in [0.29, 0.717) is 3.74 Å². The Labute approximate surface area is 221 Å². The number of hydrogen-bond acceptors (Lipinski definition) is 0. The summed E-state index contributed by atoms with van der Waals surface area (Å²) in [5, 5.41) is 0. The third-order valence-corrected chi connectivity index (χ3v) is 7.94. The monoisotopic (exact) mass is 578 g/mol. The second kappa shape index (κ2) is 30.0. The lowest BCUT2D eigenvalue weighted by molar-refractivity contribution is 0.514. The van der Waals surface area contributed by atoms with E-state index in [4.69, 9.17) is 0 Å². The van der Waals surface area contributed by atoms with Gasteiger partial charge in [-0.25, -0.2) is 0 Å². The Morgan fingerprint density at radius 2 is 0.500 bits per heavy atom. The van der Waals surface area contributed by atoms with Crippen LogP contribution < -0.4 is 0 Å². The minimum Gasteiger partial charge on any atom is -0.0765 e. The minimum atomic E-state index is 0.522. The highest BCUT2D eigenvalue weighted by atomic mass is 79.9. The summed E-state index contributed by atoms with van der Waals surface area (Å²) < 4.78 is 0.522. The lowest BCUT2D eigenvalue weighted by Crippen LogP contribution is -1.86. The van der Waals surface area contributed by atoms with Crippen molar-refractivity contribution in [3.8, 4) is 0 Å². The zero-order chi connectivity index (χ0) is 23.4. The Bertz CT molecular complexity index is 316. The fraction of sp³-hybridized carbons (Fsp3) is 1.00. The van der Waals surface area contributed by atoms with Crippen molar-refractivity contribution in [3.05, 3.63) is 0 Å². The molecule has 0 radical (unpaired) electrons. The molecule has 0 saturated carbocycles. The van der Waals surface area contributed by atoms with Gasteiger partial charge in [0.25, 0.3) is 0 Å². The summed E-state index contributed by atoms with van der Waals surface area (Å²) in [6, 6.07) is 0. The summed E-state index contributed by atoms with van der Waals surface area (Å²) in [6.07, 6.45) is 40.9. The number of alkyl halides is 2. The normalized spacial score (nSPS) is 11.6. The van der Waals surface area contributed by atoms with Crippen LogP contribution in [0.5, 0.6) is 0 Å². The van der Waals surface area contributed by atoms with Gasteiger partial charge in [-0.05, 0) is 6.42 Å². The predicted octanol–water partition coefficient (Wildman–Crippen LogP) is 13.0. The van der Waals surface area contributed by atoms with Crippen molar-refractivity contribution in [2.45, 2.75) is 190 Å². The Morgan fingerprint density at radius 1 is 0.312 bits per heavy atom. The topological polar surface area (TPSA) is 0 Å². The molecule has 0 atom stereocenters. The highest BCUT2D eigenvalue weighted by molar-refractivity contribution is 9.24. The van der Waals surface area contributed by atoms with Crippen LogP contribution in [-0.2, 0) is 0 Å². The largest absolute Gasteiger partial charge is 0.0765 e. The molecular formula is C30H60Br2. The number of hydrogen-bond donors (Lipinski definition) is 0. The van der Waals surface area contributed by atoms with Gasteiger partial charge in [0.1, 0.15) is 0 Å². The summed E-state index contributed by atoms with van der Waals surface area (Å²) in [6.45, 7) is 2.30. The van der Waals surface area contributed by atoms with E-state index in [2.05, 4.69) is 38.8 Å². The summed E-state index contributed by atoms with van der Waals surface area (Å²) in [5.74, 6) is 0. The average molecular weight is 581 g/mol. The third kappa shape index (κ3) is 31.0. The minimum absolute atomic E-state index is 0.522. The molecule has 0 unspecified atom stereocenters. The predicted molar refractivity (Wildman–Crippen MR) is 157 cm³/mol. The van der Waals surface area contributed by atoms with Gasteiger partial charge in [-0.3, -0.25) is 0 Å². The van der Waals surface area contributed by atoms with E-state index in [-0.39, 0.29) is 0 Å². The van der Waals surface area contributed by atoms with Crippen LogP contribution in [0.3, 0.4) is 0 Å². The molecule has 0 aromatic heterocycles. The molecule has 0 aromatic carbocycles. The van der Waals surface area contributed by atoms with E-state index < -0.39 is 0 Å². The van der Waals surface area contributed by atoms with Gasteiger partial charge in [0.15, 0.2) is 0 Å². The van der Waals surface area contributed by atoms with Crippen molar-refractivity contribution < 1.29 is 0 Å².